The Morgan fingerprint density at radius 2 is 0.671 bits per heavy atom. The standard InChI is InChI=1S/C54H58N6O10/c1-5-23-67-49-35-11-9-12-36(49)28-40-32-46(58-54(62)56-44-17-21-48(22-18-44)60(65)66)34-42(52(40)70-26-8-4)30-38-14-10-13-37(50(38)68-24-6-2)29-41-33-45(31-39(27-35)51(41)69-25-7-3)57-53(61)55-43-15-19-47(20-16-43)59(63)64/h9-22,31-34H,5-8,23-30H2,1-4H3,(H2,55,57,61)(H2,56,58,62). The number of nitrogens with zero attached hydrogens (tertiary/aromatic N) is 2. The lowest BCUT2D eigenvalue weighted by molar-refractivity contribution is -0.385. The minimum absolute atomic E-state index is 0.0884. The average Bonchev–Trinajstić information content (AvgIpc) is 3.33. The molecule has 16 nitrogen and oxygen atoms in total. The molecule has 0 aromatic heterocycles. The van der Waals surface area contributed by atoms with E-state index in [1.165, 1.54) is 48.5 Å². The molecule has 6 aromatic carbocycles. The Kier molecular flexibility index (Phi) is 16.9. The zero-order valence-electron chi connectivity index (χ0n) is 39.9. The first-order valence-electron chi connectivity index (χ1n) is 23.7. The zero-order chi connectivity index (χ0) is 49.6. The summed E-state index contributed by atoms with van der Waals surface area (Å²) < 4.78 is 26.7. The molecule has 0 saturated carbocycles. The fourth-order valence-corrected chi connectivity index (χ4v) is 8.31. The first-order valence-corrected chi connectivity index (χ1v) is 23.7. The van der Waals surface area contributed by atoms with Crippen molar-refractivity contribution in [2.24, 2.45) is 0 Å². The van der Waals surface area contributed by atoms with Crippen molar-refractivity contribution in [1.29, 1.82) is 0 Å². The van der Waals surface area contributed by atoms with Crippen LogP contribution in [-0.2, 0) is 25.7 Å². The molecule has 8 bridgehead atoms. The van der Waals surface area contributed by atoms with Gasteiger partial charge in [0, 0.05) is 95.0 Å². The van der Waals surface area contributed by atoms with Gasteiger partial charge in [-0.25, -0.2) is 9.59 Å². The minimum atomic E-state index is -0.530. The van der Waals surface area contributed by atoms with Crippen molar-refractivity contribution in [3.05, 3.63) is 174 Å². The van der Waals surface area contributed by atoms with Crippen molar-refractivity contribution in [3.8, 4) is 23.0 Å². The van der Waals surface area contributed by atoms with Gasteiger partial charge in [-0.1, -0.05) is 64.1 Å². The molecular formula is C54H58N6O10. The monoisotopic (exact) mass is 950 g/mol. The Labute approximate surface area is 407 Å². The van der Waals surface area contributed by atoms with Crippen LogP contribution in [0, 0.1) is 20.2 Å². The third kappa shape index (κ3) is 12.7. The number of nitro groups is 2. The van der Waals surface area contributed by atoms with E-state index in [0.717, 1.165) is 70.2 Å². The molecule has 70 heavy (non-hydrogen) atoms. The van der Waals surface area contributed by atoms with Crippen LogP contribution >= 0.6 is 0 Å². The lowest BCUT2D eigenvalue weighted by atomic mass is 9.90. The highest BCUT2D eigenvalue weighted by Gasteiger charge is 2.24. The number of fused-ring (bicyclic) bond motifs is 8. The molecule has 4 N–H and O–H groups in total. The number of ether oxygens (including phenoxy) is 4. The number of carbonyl (C=O) groups excluding carboxylic acids is 2. The van der Waals surface area contributed by atoms with Crippen LogP contribution in [-0.4, -0.2) is 48.3 Å². The fraction of sp³-hybridized carbons (Fsp3) is 0.296. The maximum atomic E-state index is 13.6. The second kappa shape index (κ2) is 23.7. The molecule has 1 aliphatic rings. The maximum Gasteiger partial charge on any atom is 0.323 e. The highest BCUT2D eigenvalue weighted by molar-refractivity contribution is 6.01. The van der Waals surface area contributed by atoms with Crippen molar-refractivity contribution in [3.63, 3.8) is 0 Å². The summed E-state index contributed by atoms with van der Waals surface area (Å²) >= 11 is 0. The number of hydrogen-bond acceptors (Lipinski definition) is 10. The molecule has 0 fully saturated rings. The summed E-state index contributed by atoms with van der Waals surface area (Å²) in [6, 6.07) is 30.0. The molecule has 0 spiro atoms. The van der Waals surface area contributed by atoms with Gasteiger partial charge in [0.2, 0.25) is 0 Å². The largest absolute Gasteiger partial charge is 0.493 e. The molecule has 6 aromatic rings. The topological polar surface area (TPSA) is 205 Å². The number of amides is 4. The van der Waals surface area contributed by atoms with Crippen LogP contribution < -0.4 is 40.2 Å². The van der Waals surface area contributed by atoms with E-state index in [-0.39, 0.29) is 11.4 Å². The van der Waals surface area contributed by atoms with Gasteiger partial charge in [-0.05, 0) is 96.5 Å². The van der Waals surface area contributed by atoms with Gasteiger partial charge in [-0.3, -0.25) is 20.2 Å². The van der Waals surface area contributed by atoms with E-state index in [2.05, 4.69) is 35.1 Å². The molecule has 0 unspecified atom stereocenters. The highest BCUT2D eigenvalue weighted by Crippen LogP contribution is 2.41. The summed E-state index contributed by atoms with van der Waals surface area (Å²) in [5.74, 6) is 2.78. The Hall–Kier alpha value is -8.14. The number of carbonyl (C=O) groups is 2. The molecule has 0 atom stereocenters. The number of benzene rings is 6. The Morgan fingerprint density at radius 1 is 0.414 bits per heavy atom. The Balaban J connectivity index is 1.38. The number of nitro benzene ring substituents is 2. The van der Waals surface area contributed by atoms with E-state index in [1.54, 1.807) is 0 Å². The van der Waals surface area contributed by atoms with E-state index in [4.69, 9.17) is 18.9 Å². The van der Waals surface area contributed by atoms with Crippen LogP contribution in [0.4, 0.5) is 43.7 Å². The number of urea groups is 2. The van der Waals surface area contributed by atoms with Gasteiger partial charge in [0.15, 0.2) is 0 Å². The van der Waals surface area contributed by atoms with Crippen LogP contribution in [0.2, 0.25) is 0 Å². The van der Waals surface area contributed by atoms with Crippen molar-refractivity contribution in [1.82, 2.24) is 0 Å². The predicted octanol–water partition coefficient (Wildman–Crippen LogP) is 12.6. The smallest absolute Gasteiger partial charge is 0.323 e. The second-order valence-corrected chi connectivity index (χ2v) is 16.9. The van der Waals surface area contributed by atoms with Gasteiger partial charge < -0.3 is 40.2 Å². The van der Waals surface area contributed by atoms with Crippen molar-refractivity contribution >= 4 is 46.2 Å². The van der Waals surface area contributed by atoms with Crippen LogP contribution in [0.15, 0.2) is 109 Å². The minimum Gasteiger partial charge on any atom is -0.493 e. The molecule has 1 aliphatic carbocycles. The number of para-hydroxylation sites is 2. The number of rotatable bonds is 18. The summed E-state index contributed by atoms with van der Waals surface area (Å²) in [6.45, 7) is 9.99. The average molecular weight is 951 g/mol. The Morgan fingerprint density at radius 3 is 0.929 bits per heavy atom. The van der Waals surface area contributed by atoms with E-state index in [0.29, 0.717) is 97.9 Å². The summed E-state index contributed by atoms with van der Waals surface area (Å²) in [5, 5.41) is 34.2. The van der Waals surface area contributed by atoms with E-state index < -0.39 is 21.9 Å². The van der Waals surface area contributed by atoms with Gasteiger partial charge in [0.25, 0.3) is 11.4 Å². The molecule has 364 valence electrons. The first-order chi connectivity index (χ1) is 34.0. The normalized spacial score (nSPS) is 11.7. The van der Waals surface area contributed by atoms with Crippen molar-refractivity contribution < 1.29 is 38.4 Å². The predicted molar refractivity (Wildman–Crippen MR) is 272 cm³/mol. The molecule has 16 heteroatoms. The van der Waals surface area contributed by atoms with Crippen LogP contribution in [0.1, 0.15) is 97.9 Å². The molecule has 0 saturated heterocycles. The van der Waals surface area contributed by atoms with Gasteiger partial charge in [-0.15, -0.1) is 0 Å². The maximum absolute atomic E-state index is 13.6. The number of hydrogen-bond donors (Lipinski definition) is 4. The van der Waals surface area contributed by atoms with Crippen LogP contribution in [0.3, 0.4) is 0 Å². The second-order valence-electron chi connectivity index (χ2n) is 16.9. The molecule has 7 rings (SSSR count). The summed E-state index contributed by atoms with van der Waals surface area (Å²) in [4.78, 5) is 48.8. The van der Waals surface area contributed by atoms with E-state index in [1.807, 2.05) is 74.5 Å². The highest BCUT2D eigenvalue weighted by atomic mass is 16.6. The summed E-state index contributed by atoms with van der Waals surface area (Å²) in [5.41, 5.74) is 8.43. The van der Waals surface area contributed by atoms with Gasteiger partial charge in [0.1, 0.15) is 23.0 Å². The molecule has 0 radical (unpaired) electrons. The number of nitrogens with one attached hydrogen (secondary N) is 4. The zero-order valence-corrected chi connectivity index (χ0v) is 39.9. The molecule has 0 heterocycles. The molecular weight excluding hydrogens is 893 g/mol. The molecule has 4 amide bonds. The van der Waals surface area contributed by atoms with Gasteiger partial charge >= 0.3 is 12.1 Å². The SMILES string of the molecule is CCCOc1c2cccc1Cc1cc(NC(=O)Nc3ccc([N+](=O)[O-])cc3)cc(c1OCCC)Cc1cccc(c1OCCC)Cc1cc(NC(=O)Nc3ccc([N+](=O)[O-])cc3)cc(c1OCCC)C2. The van der Waals surface area contributed by atoms with Gasteiger partial charge in [-0.2, -0.15) is 0 Å². The summed E-state index contributed by atoms with van der Waals surface area (Å²) in [7, 11) is 0. The third-order valence-electron chi connectivity index (χ3n) is 11.4. The van der Waals surface area contributed by atoms with Crippen LogP contribution in [0.5, 0.6) is 23.0 Å². The number of anilines is 4. The fourth-order valence-electron chi connectivity index (χ4n) is 8.31. The quantitative estimate of drug-likeness (QED) is 0.0473. The van der Waals surface area contributed by atoms with Crippen molar-refractivity contribution in [2.75, 3.05) is 47.7 Å². The van der Waals surface area contributed by atoms with Gasteiger partial charge in [0.05, 0.1) is 36.3 Å². The van der Waals surface area contributed by atoms with Crippen molar-refractivity contribution in [2.45, 2.75) is 79.1 Å². The number of non-ortho nitro benzene ring substituents is 2. The van der Waals surface area contributed by atoms with E-state index >= 15 is 0 Å². The third-order valence-corrected chi connectivity index (χ3v) is 11.4. The molecule has 0 aliphatic heterocycles. The van der Waals surface area contributed by atoms with E-state index in [9.17, 15) is 29.8 Å². The van der Waals surface area contributed by atoms with Crippen LogP contribution in [0.25, 0.3) is 0 Å². The summed E-state index contributed by atoms with van der Waals surface area (Å²) in [6.07, 6.45) is 4.49. The first kappa shape index (κ1) is 49.8. The Bertz CT molecular complexity index is 2550. The lowest BCUT2D eigenvalue weighted by Gasteiger charge is -2.24. The lowest BCUT2D eigenvalue weighted by Crippen LogP contribution is -2.20.